The molecule has 1 rings (SSSR count). The normalized spacial score (nSPS) is 18.0. The van der Waals surface area contributed by atoms with Crippen LogP contribution in [0.5, 0.6) is 0 Å². The average molecular weight is 240 g/mol. The summed E-state index contributed by atoms with van der Waals surface area (Å²) in [4.78, 5) is 11.5. The van der Waals surface area contributed by atoms with Crippen LogP contribution >= 0.6 is 11.8 Å². The fourth-order valence-corrected chi connectivity index (χ4v) is 2.96. The molecule has 0 aromatic carbocycles. The number of thioether (sulfide) groups is 1. The summed E-state index contributed by atoms with van der Waals surface area (Å²) in [5.74, 6) is 2.48. The fraction of sp³-hybridized carbons (Fsp3) is 0.750. The number of hydrogen-bond donors (Lipinski definition) is 2. The van der Waals surface area contributed by atoms with E-state index >= 15 is 0 Å². The minimum absolute atomic E-state index is 0.0376. The van der Waals surface area contributed by atoms with Crippen molar-refractivity contribution in [1.82, 2.24) is 10.6 Å². The number of carbonyl (C=O) groups is 1. The van der Waals surface area contributed by atoms with Gasteiger partial charge in [0.25, 0.3) is 0 Å². The lowest BCUT2D eigenvalue weighted by Gasteiger charge is -2.26. The van der Waals surface area contributed by atoms with Gasteiger partial charge in [-0.05, 0) is 19.1 Å². The SMILES string of the molecule is C#CCNCC(=O)NCC1(SC)CCCC1. The molecule has 0 aromatic heterocycles. The van der Waals surface area contributed by atoms with Crippen LogP contribution in [0.25, 0.3) is 0 Å². The van der Waals surface area contributed by atoms with Crippen LogP contribution in [-0.2, 0) is 4.79 Å². The molecule has 90 valence electrons. The van der Waals surface area contributed by atoms with Crippen molar-refractivity contribution in [3.05, 3.63) is 0 Å². The summed E-state index contributed by atoms with van der Waals surface area (Å²) in [6, 6.07) is 0. The van der Waals surface area contributed by atoms with Crippen LogP contribution in [0.2, 0.25) is 0 Å². The molecule has 1 saturated carbocycles. The van der Waals surface area contributed by atoms with E-state index in [2.05, 4.69) is 22.8 Å². The zero-order chi connectivity index (χ0) is 11.9. The molecule has 0 bridgehead atoms. The number of amides is 1. The van der Waals surface area contributed by atoms with E-state index in [1.165, 1.54) is 25.7 Å². The smallest absolute Gasteiger partial charge is 0.234 e. The number of hydrogen-bond acceptors (Lipinski definition) is 3. The second-order valence-electron chi connectivity index (χ2n) is 4.18. The molecule has 0 heterocycles. The Bertz CT molecular complexity index is 267. The largest absolute Gasteiger partial charge is 0.354 e. The molecule has 0 radical (unpaired) electrons. The van der Waals surface area contributed by atoms with E-state index in [9.17, 15) is 4.79 Å². The Balaban J connectivity index is 2.22. The zero-order valence-corrected chi connectivity index (χ0v) is 10.7. The summed E-state index contributed by atoms with van der Waals surface area (Å²) in [6.07, 6.45) is 12.2. The lowest BCUT2D eigenvalue weighted by atomic mass is 10.1. The first-order valence-electron chi connectivity index (χ1n) is 5.68. The third-order valence-corrected chi connectivity index (χ3v) is 4.49. The first-order valence-corrected chi connectivity index (χ1v) is 6.91. The van der Waals surface area contributed by atoms with Gasteiger partial charge in [0.2, 0.25) is 5.91 Å². The molecule has 1 aliphatic carbocycles. The summed E-state index contributed by atoms with van der Waals surface area (Å²) in [6.45, 7) is 1.54. The summed E-state index contributed by atoms with van der Waals surface area (Å²) in [5, 5.41) is 5.87. The van der Waals surface area contributed by atoms with Crippen molar-refractivity contribution in [2.75, 3.05) is 25.9 Å². The minimum Gasteiger partial charge on any atom is -0.354 e. The number of carbonyl (C=O) groups excluding carboxylic acids is 1. The molecule has 16 heavy (non-hydrogen) atoms. The Morgan fingerprint density at radius 3 is 2.75 bits per heavy atom. The molecule has 0 unspecified atom stereocenters. The van der Waals surface area contributed by atoms with Crippen LogP contribution in [0.1, 0.15) is 25.7 Å². The molecule has 0 saturated heterocycles. The molecule has 3 nitrogen and oxygen atoms in total. The Morgan fingerprint density at radius 2 is 2.19 bits per heavy atom. The van der Waals surface area contributed by atoms with E-state index in [-0.39, 0.29) is 10.7 Å². The predicted octanol–water partition coefficient (Wildman–Crippen LogP) is 1.00. The van der Waals surface area contributed by atoms with E-state index in [1.807, 2.05) is 11.8 Å². The predicted molar refractivity (Wildman–Crippen MR) is 69.4 cm³/mol. The highest BCUT2D eigenvalue weighted by molar-refractivity contribution is 8.00. The average Bonchev–Trinajstić information content (AvgIpc) is 2.76. The van der Waals surface area contributed by atoms with Crippen LogP contribution < -0.4 is 10.6 Å². The van der Waals surface area contributed by atoms with Gasteiger partial charge in [0.15, 0.2) is 0 Å². The lowest BCUT2D eigenvalue weighted by Crippen LogP contribution is -2.42. The van der Waals surface area contributed by atoms with E-state index < -0.39 is 0 Å². The molecule has 0 aromatic rings. The fourth-order valence-electron chi connectivity index (χ4n) is 2.04. The van der Waals surface area contributed by atoms with Gasteiger partial charge in [-0.3, -0.25) is 10.1 Å². The second-order valence-corrected chi connectivity index (χ2v) is 5.45. The van der Waals surface area contributed by atoms with Gasteiger partial charge in [0, 0.05) is 11.3 Å². The van der Waals surface area contributed by atoms with Gasteiger partial charge in [0.1, 0.15) is 0 Å². The second kappa shape index (κ2) is 6.82. The molecule has 0 aliphatic heterocycles. The maximum atomic E-state index is 11.5. The van der Waals surface area contributed by atoms with Crippen molar-refractivity contribution < 1.29 is 4.79 Å². The Morgan fingerprint density at radius 1 is 1.50 bits per heavy atom. The van der Waals surface area contributed by atoms with Gasteiger partial charge in [0.05, 0.1) is 13.1 Å². The summed E-state index contributed by atoms with van der Waals surface area (Å²) >= 11 is 1.88. The quantitative estimate of drug-likeness (QED) is 0.537. The maximum Gasteiger partial charge on any atom is 0.234 e. The zero-order valence-electron chi connectivity index (χ0n) is 9.84. The first kappa shape index (κ1) is 13.4. The van der Waals surface area contributed by atoms with Crippen LogP contribution in [0.4, 0.5) is 0 Å². The van der Waals surface area contributed by atoms with Gasteiger partial charge < -0.3 is 5.32 Å². The summed E-state index contributed by atoms with van der Waals surface area (Å²) in [5.41, 5.74) is 0. The van der Waals surface area contributed by atoms with Crippen LogP contribution in [0, 0.1) is 12.3 Å². The Kier molecular flexibility index (Phi) is 5.72. The molecule has 1 aliphatic rings. The number of rotatable bonds is 6. The monoisotopic (exact) mass is 240 g/mol. The van der Waals surface area contributed by atoms with E-state index in [1.54, 1.807) is 0 Å². The van der Waals surface area contributed by atoms with Crippen LogP contribution in [0.3, 0.4) is 0 Å². The summed E-state index contributed by atoms with van der Waals surface area (Å²) < 4.78 is 0.280. The molecular weight excluding hydrogens is 220 g/mol. The third kappa shape index (κ3) is 4.07. The lowest BCUT2D eigenvalue weighted by molar-refractivity contribution is -0.120. The highest BCUT2D eigenvalue weighted by Crippen LogP contribution is 2.39. The minimum atomic E-state index is 0.0376. The molecule has 2 N–H and O–H groups in total. The number of nitrogens with one attached hydrogen (secondary N) is 2. The molecule has 1 fully saturated rings. The summed E-state index contributed by atoms with van der Waals surface area (Å²) in [7, 11) is 0. The molecule has 0 spiro atoms. The van der Waals surface area contributed by atoms with Crippen molar-refractivity contribution >= 4 is 17.7 Å². The third-order valence-electron chi connectivity index (χ3n) is 3.07. The molecular formula is C12H20N2OS. The van der Waals surface area contributed by atoms with Crippen LogP contribution in [0.15, 0.2) is 0 Å². The van der Waals surface area contributed by atoms with Crippen molar-refractivity contribution in [3.63, 3.8) is 0 Å². The van der Waals surface area contributed by atoms with Crippen LogP contribution in [-0.4, -0.2) is 36.5 Å². The van der Waals surface area contributed by atoms with E-state index in [0.717, 1.165) is 6.54 Å². The van der Waals surface area contributed by atoms with Crippen molar-refractivity contribution in [2.45, 2.75) is 30.4 Å². The van der Waals surface area contributed by atoms with Gasteiger partial charge in [-0.15, -0.1) is 6.42 Å². The van der Waals surface area contributed by atoms with Crippen molar-refractivity contribution in [2.24, 2.45) is 0 Å². The first-order chi connectivity index (χ1) is 7.72. The maximum absolute atomic E-state index is 11.5. The van der Waals surface area contributed by atoms with Crippen molar-refractivity contribution in [1.29, 1.82) is 0 Å². The standard InChI is InChI=1S/C12H20N2OS/c1-3-8-13-9-11(15)14-10-12(16-2)6-4-5-7-12/h1,13H,4-10H2,2H3,(H,14,15). The number of terminal acetylenes is 1. The molecule has 1 amide bonds. The van der Waals surface area contributed by atoms with Gasteiger partial charge in [-0.2, -0.15) is 11.8 Å². The highest BCUT2D eigenvalue weighted by atomic mass is 32.2. The molecule has 4 heteroatoms. The van der Waals surface area contributed by atoms with Gasteiger partial charge >= 0.3 is 0 Å². The molecule has 0 atom stereocenters. The van der Waals surface area contributed by atoms with Crippen molar-refractivity contribution in [3.8, 4) is 12.3 Å². The Hall–Kier alpha value is -0.660. The van der Waals surface area contributed by atoms with E-state index in [4.69, 9.17) is 6.42 Å². The van der Waals surface area contributed by atoms with Gasteiger partial charge in [-0.25, -0.2) is 0 Å². The Labute approximate surface area is 102 Å². The van der Waals surface area contributed by atoms with Gasteiger partial charge in [-0.1, -0.05) is 18.8 Å². The van der Waals surface area contributed by atoms with E-state index in [0.29, 0.717) is 13.1 Å². The highest BCUT2D eigenvalue weighted by Gasteiger charge is 2.32. The topological polar surface area (TPSA) is 41.1 Å².